The molecule has 1 heterocycles. The molecule has 1 atom stereocenters. The van der Waals surface area contributed by atoms with Crippen molar-refractivity contribution in [2.24, 2.45) is 11.7 Å². The van der Waals surface area contributed by atoms with Gasteiger partial charge in [0.15, 0.2) is 0 Å². The maximum Gasteiger partial charge on any atom is 0.216 e. The normalized spacial score (nSPS) is 22.5. The topological polar surface area (TPSA) is 72.6 Å². The van der Waals surface area contributed by atoms with Crippen LogP contribution in [0.5, 0.6) is 0 Å². The largest absolute Gasteiger partial charge is 0.393 e. The minimum absolute atomic E-state index is 0.0145. The van der Waals surface area contributed by atoms with Crippen LogP contribution < -0.4 is 5.73 Å². The van der Waals surface area contributed by atoms with Crippen LogP contribution in [0.4, 0.5) is 0 Å². The second-order valence-electron chi connectivity index (χ2n) is 4.11. The van der Waals surface area contributed by atoms with Crippen molar-refractivity contribution in [1.29, 1.82) is 0 Å². The highest BCUT2D eigenvalue weighted by Crippen LogP contribution is 2.19. The van der Waals surface area contributed by atoms with E-state index in [1.165, 1.54) is 4.31 Å². The zero-order valence-corrected chi connectivity index (χ0v) is 11.7. The number of ether oxygens (including phenoxy) is 1. The number of nitrogens with zero attached hydrogens (tertiary/aromatic N) is 1. The van der Waals surface area contributed by atoms with E-state index in [-0.39, 0.29) is 18.3 Å². The Balaban J connectivity index is 2.55. The number of thiocarbonyl (C=S) groups is 1. The molecule has 0 bridgehead atoms. The molecular formula is C10H20N2O3S2. The molecule has 1 rings (SSSR count). The van der Waals surface area contributed by atoms with Crippen molar-refractivity contribution >= 4 is 27.2 Å². The summed E-state index contributed by atoms with van der Waals surface area (Å²) in [5.41, 5.74) is 5.58. The summed E-state index contributed by atoms with van der Waals surface area (Å²) in [6.45, 7) is 3.60. The molecule has 1 unspecified atom stereocenters. The summed E-state index contributed by atoms with van der Waals surface area (Å²) >= 11 is 4.93. The molecule has 100 valence electrons. The lowest BCUT2D eigenvalue weighted by atomic mass is 10.0. The number of nitrogens with two attached hydrogens (primary N) is 1. The fourth-order valence-electron chi connectivity index (χ4n) is 1.86. The van der Waals surface area contributed by atoms with Gasteiger partial charge in [0.05, 0.1) is 17.3 Å². The van der Waals surface area contributed by atoms with Crippen LogP contribution in [0, 0.1) is 5.92 Å². The minimum atomic E-state index is -3.23. The number of hydrogen-bond acceptors (Lipinski definition) is 4. The second-order valence-corrected chi connectivity index (χ2v) is 6.67. The molecule has 0 saturated carbocycles. The Morgan fingerprint density at radius 3 is 2.88 bits per heavy atom. The summed E-state index contributed by atoms with van der Waals surface area (Å²) in [4.78, 5) is 0.412. The van der Waals surface area contributed by atoms with Gasteiger partial charge in [-0.2, -0.15) is 0 Å². The van der Waals surface area contributed by atoms with E-state index in [1.807, 2.05) is 6.92 Å². The summed E-state index contributed by atoms with van der Waals surface area (Å²) in [5.74, 6) is 0.0471. The van der Waals surface area contributed by atoms with Gasteiger partial charge < -0.3 is 10.5 Å². The van der Waals surface area contributed by atoms with E-state index in [4.69, 9.17) is 22.7 Å². The van der Waals surface area contributed by atoms with Gasteiger partial charge in [-0.15, -0.1) is 0 Å². The van der Waals surface area contributed by atoms with E-state index in [9.17, 15) is 8.42 Å². The monoisotopic (exact) mass is 280 g/mol. The van der Waals surface area contributed by atoms with Crippen molar-refractivity contribution in [2.75, 3.05) is 32.1 Å². The predicted octanol–water partition coefficient (Wildman–Crippen LogP) is 0.351. The molecule has 5 nitrogen and oxygen atoms in total. The molecule has 1 fully saturated rings. The van der Waals surface area contributed by atoms with Gasteiger partial charge >= 0.3 is 0 Å². The van der Waals surface area contributed by atoms with Gasteiger partial charge in [0.25, 0.3) is 0 Å². The van der Waals surface area contributed by atoms with E-state index in [0.717, 1.165) is 12.8 Å². The third-order valence-electron chi connectivity index (χ3n) is 2.87. The Kier molecular flexibility index (Phi) is 5.78. The van der Waals surface area contributed by atoms with E-state index < -0.39 is 10.0 Å². The molecule has 2 N–H and O–H groups in total. The number of sulfonamides is 1. The summed E-state index contributed by atoms with van der Waals surface area (Å²) < 4.78 is 30.5. The molecule has 1 saturated heterocycles. The maximum absolute atomic E-state index is 12.0. The van der Waals surface area contributed by atoms with Gasteiger partial charge in [-0.25, -0.2) is 12.7 Å². The van der Waals surface area contributed by atoms with Gasteiger partial charge in [-0.3, -0.25) is 0 Å². The molecule has 0 spiro atoms. The Hall–Kier alpha value is -0.240. The first-order valence-electron chi connectivity index (χ1n) is 5.82. The van der Waals surface area contributed by atoms with Crippen LogP contribution in [0.3, 0.4) is 0 Å². The van der Waals surface area contributed by atoms with Crippen LogP contribution in [0.2, 0.25) is 0 Å². The average Bonchev–Trinajstić information content (AvgIpc) is 2.29. The smallest absolute Gasteiger partial charge is 0.216 e. The van der Waals surface area contributed by atoms with Crippen molar-refractivity contribution in [3.8, 4) is 0 Å². The Morgan fingerprint density at radius 1 is 1.59 bits per heavy atom. The highest BCUT2D eigenvalue weighted by molar-refractivity contribution is 7.89. The van der Waals surface area contributed by atoms with E-state index in [0.29, 0.717) is 24.7 Å². The van der Waals surface area contributed by atoms with Crippen LogP contribution in [0.1, 0.15) is 19.8 Å². The Bertz CT molecular complexity index is 357. The van der Waals surface area contributed by atoms with Crippen LogP contribution in [0.15, 0.2) is 0 Å². The molecular weight excluding hydrogens is 260 g/mol. The van der Waals surface area contributed by atoms with Crippen LogP contribution >= 0.6 is 12.2 Å². The molecule has 1 aliphatic rings. The van der Waals surface area contributed by atoms with Gasteiger partial charge in [0, 0.05) is 25.6 Å². The van der Waals surface area contributed by atoms with Crippen LogP contribution in [-0.2, 0) is 14.8 Å². The van der Waals surface area contributed by atoms with Crippen molar-refractivity contribution in [1.82, 2.24) is 4.31 Å². The molecule has 7 heteroatoms. The van der Waals surface area contributed by atoms with Crippen molar-refractivity contribution in [3.63, 3.8) is 0 Å². The lowest BCUT2D eigenvalue weighted by molar-refractivity contribution is 0.162. The molecule has 0 radical (unpaired) electrons. The number of piperidine rings is 1. The lowest BCUT2D eigenvalue weighted by Gasteiger charge is -2.31. The van der Waals surface area contributed by atoms with E-state index in [2.05, 4.69) is 0 Å². The van der Waals surface area contributed by atoms with E-state index >= 15 is 0 Å². The Labute approximate surface area is 108 Å². The molecule has 1 aliphatic heterocycles. The fraction of sp³-hybridized carbons (Fsp3) is 0.900. The molecule has 0 amide bonds. The second kappa shape index (κ2) is 6.63. The van der Waals surface area contributed by atoms with Gasteiger partial charge in [-0.1, -0.05) is 12.2 Å². The minimum Gasteiger partial charge on any atom is -0.393 e. The van der Waals surface area contributed by atoms with Crippen molar-refractivity contribution < 1.29 is 13.2 Å². The molecule has 0 aromatic carbocycles. The first kappa shape index (κ1) is 14.8. The lowest BCUT2D eigenvalue weighted by Crippen LogP contribution is -2.44. The quantitative estimate of drug-likeness (QED) is 0.561. The SMILES string of the molecule is CCOCCS(=O)(=O)N1CCCC(C(N)=S)C1. The van der Waals surface area contributed by atoms with E-state index in [1.54, 1.807) is 0 Å². The summed E-state index contributed by atoms with van der Waals surface area (Å²) in [5, 5.41) is 0. The third kappa shape index (κ3) is 4.50. The molecule has 0 aromatic rings. The zero-order valence-electron chi connectivity index (χ0n) is 10.1. The summed E-state index contributed by atoms with van der Waals surface area (Å²) in [6, 6.07) is 0. The molecule has 0 aliphatic carbocycles. The zero-order chi connectivity index (χ0) is 12.9. The predicted molar refractivity (Wildman–Crippen MR) is 71.4 cm³/mol. The summed E-state index contributed by atoms with van der Waals surface area (Å²) in [7, 11) is -3.23. The average molecular weight is 280 g/mol. The van der Waals surface area contributed by atoms with Crippen LogP contribution in [0.25, 0.3) is 0 Å². The third-order valence-corrected chi connectivity index (χ3v) is 5.00. The first-order chi connectivity index (χ1) is 7.97. The standard InChI is InChI=1S/C10H20N2O3S2/c1-2-15-6-7-17(13,14)12-5-3-4-9(8-12)10(11)16/h9H,2-8H2,1H3,(H2,11,16). The highest BCUT2D eigenvalue weighted by Gasteiger charge is 2.29. The molecule has 0 aromatic heterocycles. The maximum atomic E-state index is 12.0. The van der Waals surface area contributed by atoms with Crippen LogP contribution in [-0.4, -0.2) is 49.8 Å². The highest BCUT2D eigenvalue weighted by atomic mass is 32.2. The van der Waals surface area contributed by atoms with Gasteiger partial charge in [-0.05, 0) is 19.8 Å². The number of rotatable bonds is 6. The van der Waals surface area contributed by atoms with Gasteiger partial charge in [0.1, 0.15) is 0 Å². The Morgan fingerprint density at radius 2 is 2.29 bits per heavy atom. The first-order valence-corrected chi connectivity index (χ1v) is 7.84. The fourth-order valence-corrected chi connectivity index (χ4v) is 3.46. The number of hydrogen-bond donors (Lipinski definition) is 1. The summed E-state index contributed by atoms with van der Waals surface area (Å²) in [6.07, 6.45) is 1.70. The van der Waals surface area contributed by atoms with Gasteiger partial charge in [0.2, 0.25) is 10.0 Å². The van der Waals surface area contributed by atoms with Crippen molar-refractivity contribution in [3.05, 3.63) is 0 Å². The molecule has 17 heavy (non-hydrogen) atoms. The van der Waals surface area contributed by atoms with Crippen molar-refractivity contribution in [2.45, 2.75) is 19.8 Å².